The average Bonchev–Trinajstić information content (AvgIpc) is 2.30. The van der Waals surface area contributed by atoms with E-state index in [0.29, 0.717) is 5.56 Å². The highest BCUT2D eigenvalue weighted by atomic mass is 35.5. The summed E-state index contributed by atoms with van der Waals surface area (Å²) in [5.74, 6) is -0.661. The molecule has 4 nitrogen and oxygen atoms in total. The van der Waals surface area contributed by atoms with Gasteiger partial charge in [-0.3, -0.25) is 4.79 Å². The minimum atomic E-state index is -0.522. The van der Waals surface area contributed by atoms with Crippen LogP contribution in [0.15, 0.2) is 29.1 Å². The molecular weight excluding hydrogens is 259 g/mol. The summed E-state index contributed by atoms with van der Waals surface area (Å²) >= 11 is 5.77. The van der Waals surface area contributed by atoms with Gasteiger partial charge in [-0.15, -0.1) is 11.6 Å². The highest BCUT2D eigenvalue weighted by molar-refractivity contribution is 6.20. The third-order valence-corrected chi connectivity index (χ3v) is 2.64. The molecule has 0 aliphatic rings. The van der Waals surface area contributed by atoms with E-state index in [4.69, 9.17) is 11.6 Å². The molecule has 94 valence electrons. The lowest BCUT2D eigenvalue weighted by Gasteiger charge is -2.07. The van der Waals surface area contributed by atoms with Gasteiger partial charge >= 0.3 is 0 Å². The third-order valence-electron chi connectivity index (χ3n) is 2.43. The summed E-state index contributed by atoms with van der Waals surface area (Å²) < 4.78 is 12.8. The lowest BCUT2D eigenvalue weighted by molar-refractivity contribution is 0.450. The second-order valence-corrected chi connectivity index (χ2v) is 4.43. The Bertz CT molecular complexity index is 623. The predicted molar refractivity (Wildman–Crippen MR) is 66.2 cm³/mol. The van der Waals surface area contributed by atoms with Gasteiger partial charge in [-0.05, 0) is 24.6 Å². The standard InChI is InChI=1S/C12H10ClFN2O2/c1-6(13)10-15-11(17)9(12(18)16-10)7-2-4-8(14)5-3-7/h2-6H,1H3,(H2,15,16,17,18). The highest BCUT2D eigenvalue weighted by Gasteiger charge is 2.15. The third kappa shape index (κ3) is 2.36. The van der Waals surface area contributed by atoms with Gasteiger partial charge in [0.2, 0.25) is 5.88 Å². The molecule has 2 aromatic rings. The molecule has 0 aliphatic carbocycles. The lowest BCUT2D eigenvalue weighted by atomic mass is 10.1. The van der Waals surface area contributed by atoms with Gasteiger partial charge in [-0.2, -0.15) is 4.98 Å². The molecule has 1 heterocycles. The molecule has 0 saturated heterocycles. The number of nitrogens with one attached hydrogen (secondary N) is 1. The molecule has 18 heavy (non-hydrogen) atoms. The van der Waals surface area contributed by atoms with E-state index in [1.165, 1.54) is 24.3 Å². The van der Waals surface area contributed by atoms with Crippen molar-refractivity contribution in [1.82, 2.24) is 9.97 Å². The zero-order valence-corrected chi connectivity index (χ0v) is 10.2. The normalized spacial score (nSPS) is 12.4. The maximum atomic E-state index is 12.8. The van der Waals surface area contributed by atoms with Crippen molar-refractivity contribution in [3.8, 4) is 17.0 Å². The number of benzene rings is 1. The first-order valence-corrected chi connectivity index (χ1v) is 5.66. The molecule has 0 bridgehead atoms. The van der Waals surface area contributed by atoms with Crippen molar-refractivity contribution in [2.45, 2.75) is 12.3 Å². The van der Waals surface area contributed by atoms with E-state index in [1.54, 1.807) is 6.92 Å². The van der Waals surface area contributed by atoms with Gasteiger partial charge in [0.25, 0.3) is 5.56 Å². The molecule has 0 saturated carbocycles. The van der Waals surface area contributed by atoms with Crippen molar-refractivity contribution in [2.75, 3.05) is 0 Å². The van der Waals surface area contributed by atoms with Gasteiger partial charge < -0.3 is 10.1 Å². The van der Waals surface area contributed by atoms with Crippen LogP contribution in [0, 0.1) is 5.82 Å². The van der Waals surface area contributed by atoms with E-state index in [-0.39, 0.29) is 11.4 Å². The molecule has 0 fully saturated rings. The van der Waals surface area contributed by atoms with E-state index < -0.39 is 22.6 Å². The number of hydrogen-bond donors (Lipinski definition) is 2. The van der Waals surface area contributed by atoms with Crippen molar-refractivity contribution >= 4 is 11.6 Å². The van der Waals surface area contributed by atoms with Gasteiger partial charge in [0.15, 0.2) is 0 Å². The van der Waals surface area contributed by atoms with Crippen molar-refractivity contribution in [2.24, 2.45) is 0 Å². The number of alkyl halides is 1. The maximum Gasteiger partial charge on any atom is 0.262 e. The van der Waals surface area contributed by atoms with Crippen LogP contribution in [0.25, 0.3) is 11.1 Å². The lowest BCUT2D eigenvalue weighted by Crippen LogP contribution is -2.14. The zero-order valence-electron chi connectivity index (χ0n) is 9.45. The largest absolute Gasteiger partial charge is 0.493 e. The molecule has 2 rings (SSSR count). The molecular formula is C12H10ClFN2O2. The topological polar surface area (TPSA) is 66.0 Å². The summed E-state index contributed by atoms with van der Waals surface area (Å²) in [6.45, 7) is 1.62. The summed E-state index contributed by atoms with van der Waals surface area (Å²) in [6.07, 6.45) is 0. The fraction of sp³-hybridized carbons (Fsp3) is 0.167. The first kappa shape index (κ1) is 12.6. The average molecular weight is 269 g/mol. The van der Waals surface area contributed by atoms with E-state index in [1.807, 2.05) is 0 Å². The van der Waals surface area contributed by atoms with Gasteiger partial charge in [-0.25, -0.2) is 4.39 Å². The first-order chi connectivity index (χ1) is 8.49. The Balaban J connectivity index is 2.59. The molecule has 0 spiro atoms. The Hall–Kier alpha value is -1.88. The van der Waals surface area contributed by atoms with Crippen molar-refractivity contribution < 1.29 is 9.50 Å². The zero-order chi connectivity index (χ0) is 13.3. The molecule has 1 aromatic carbocycles. The molecule has 2 N–H and O–H groups in total. The van der Waals surface area contributed by atoms with Crippen molar-refractivity contribution in [3.05, 3.63) is 46.3 Å². The van der Waals surface area contributed by atoms with Crippen LogP contribution >= 0.6 is 11.6 Å². The van der Waals surface area contributed by atoms with Crippen LogP contribution in [-0.4, -0.2) is 15.1 Å². The van der Waals surface area contributed by atoms with Crippen LogP contribution in [-0.2, 0) is 0 Å². The Morgan fingerprint density at radius 3 is 2.50 bits per heavy atom. The van der Waals surface area contributed by atoms with E-state index in [2.05, 4.69) is 9.97 Å². The van der Waals surface area contributed by atoms with Crippen LogP contribution in [0.1, 0.15) is 18.1 Å². The summed E-state index contributed by atoms with van der Waals surface area (Å²) in [5.41, 5.74) is -0.135. The smallest absolute Gasteiger partial charge is 0.262 e. The van der Waals surface area contributed by atoms with Crippen LogP contribution in [0.2, 0.25) is 0 Å². The summed E-state index contributed by atoms with van der Waals surface area (Å²) in [7, 11) is 0. The second kappa shape index (κ2) is 4.78. The second-order valence-electron chi connectivity index (χ2n) is 3.77. The number of hydrogen-bond acceptors (Lipinski definition) is 3. The molecule has 1 unspecified atom stereocenters. The first-order valence-electron chi connectivity index (χ1n) is 5.22. The van der Waals surface area contributed by atoms with Crippen LogP contribution in [0.4, 0.5) is 4.39 Å². The summed E-state index contributed by atoms with van der Waals surface area (Å²) in [4.78, 5) is 18.1. The Morgan fingerprint density at radius 1 is 1.39 bits per heavy atom. The summed E-state index contributed by atoms with van der Waals surface area (Å²) in [6, 6.07) is 5.19. The van der Waals surface area contributed by atoms with Crippen LogP contribution < -0.4 is 5.56 Å². The number of halogens is 2. The number of nitrogens with zero attached hydrogens (tertiary/aromatic N) is 1. The number of aromatic hydroxyl groups is 1. The fourth-order valence-corrected chi connectivity index (χ4v) is 1.65. The van der Waals surface area contributed by atoms with Gasteiger partial charge in [-0.1, -0.05) is 12.1 Å². The van der Waals surface area contributed by atoms with Crippen molar-refractivity contribution in [1.29, 1.82) is 0 Å². The molecule has 6 heteroatoms. The number of aromatic nitrogens is 2. The number of aromatic amines is 1. The quantitative estimate of drug-likeness (QED) is 0.823. The molecule has 1 aromatic heterocycles. The Labute approximate surface area is 107 Å². The minimum Gasteiger partial charge on any atom is -0.493 e. The van der Waals surface area contributed by atoms with E-state index in [9.17, 15) is 14.3 Å². The van der Waals surface area contributed by atoms with Crippen molar-refractivity contribution in [3.63, 3.8) is 0 Å². The molecule has 0 amide bonds. The number of H-pyrrole nitrogens is 1. The molecule has 1 atom stereocenters. The molecule has 0 aliphatic heterocycles. The monoisotopic (exact) mass is 268 g/mol. The minimum absolute atomic E-state index is 0.00364. The van der Waals surface area contributed by atoms with Gasteiger partial charge in [0.1, 0.15) is 17.2 Å². The van der Waals surface area contributed by atoms with Gasteiger partial charge in [0.05, 0.1) is 5.38 Å². The van der Waals surface area contributed by atoms with Crippen LogP contribution in [0.5, 0.6) is 5.88 Å². The summed E-state index contributed by atoms with van der Waals surface area (Å²) in [5, 5.41) is 9.24. The highest BCUT2D eigenvalue weighted by Crippen LogP contribution is 2.25. The van der Waals surface area contributed by atoms with E-state index in [0.717, 1.165) is 0 Å². The Kier molecular flexibility index (Phi) is 3.34. The Morgan fingerprint density at radius 2 is 2.00 bits per heavy atom. The van der Waals surface area contributed by atoms with Crippen LogP contribution in [0.3, 0.4) is 0 Å². The maximum absolute atomic E-state index is 12.8. The predicted octanol–water partition coefficient (Wildman–Crippen LogP) is 2.58. The van der Waals surface area contributed by atoms with Gasteiger partial charge in [0, 0.05) is 0 Å². The SMILES string of the molecule is CC(Cl)c1nc(O)c(-c2ccc(F)cc2)c(=O)[nH]1. The molecule has 0 radical (unpaired) electrons. The fourth-order valence-electron chi connectivity index (χ4n) is 1.54. The number of rotatable bonds is 2. The van der Waals surface area contributed by atoms with E-state index >= 15 is 0 Å².